The van der Waals surface area contributed by atoms with E-state index in [1.165, 1.54) is 18.2 Å². The van der Waals surface area contributed by atoms with Gasteiger partial charge in [0.15, 0.2) is 17.3 Å². The molecule has 0 saturated carbocycles. The minimum Gasteiger partial charge on any atom is -0.507 e. The average Bonchev–Trinajstić information content (AvgIpc) is 2.92. The van der Waals surface area contributed by atoms with Crippen LogP contribution in [0, 0.1) is 10.1 Å². The monoisotopic (exact) mass is 489 g/mol. The minimum absolute atomic E-state index is 0.0374. The number of carbonyl (C=O) groups is 2. The fraction of sp³-hybridized carbons (Fsp3) is 0. The van der Waals surface area contributed by atoms with Crippen molar-refractivity contribution < 1.29 is 24.7 Å². The van der Waals surface area contributed by atoms with Gasteiger partial charge in [0.05, 0.1) is 21.6 Å². The number of rotatable bonds is 3. The van der Waals surface area contributed by atoms with Crippen LogP contribution in [0.3, 0.4) is 0 Å². The highest BCUT2D eigenvalue weighted by atomic mass is 16.6. The third-order valence-corrected chi connectivity index (χ3v) is 6.47. The van der Waals surface area contributed by atoms with Gasteiger partial charge in [-0.25, -0.2) is 0 Å². The number of ketones is 2. The first-order valence-corrected chi connectivity index (χ1v) is 11.2. The van der Waals surface area contributed by atoms with Gasteiger partial charge < -0.3 is 10.2 Å². The number of azo groups is 1. The van der Waals surface area contributed by atoms with Crippen molar-refractivity contribution in [1.82, 2.24) is 0 Å². The van der Waals surface area contributed by atoms with Crippen LogP contribution in [0.2, 0.25) is 0 Å². The third kappa shape index (κ3) is 3.18. The van der Waals surface area contributed by atoms with E-state index in [-0.39, 0.29) is 67.1 Å². The number of aromatic hydroxyl groups is 2. The molecule has 0 amide bonds. The van der Waals surface area contributed by atoms with Crippen LogP contribution < -0.4 is 0 Å². The normalized spacial score (nSPS) is 12.8. The summed E-state index contributed by atoms with van der Waals surface area (Å²) in [5.41, 5.74) is -0.0122. The van der Waals surface area contributed by atoms with E-state index >= 15 is 0 Å². The molecular weight excluding hydrogens is 474 g/mol. The smallest absolute Gasteiger partial charge is 0.297 e. The molecule has 0 atom stereocenters. The van der Waals surface area contributed by atoms with Crippen molar-refractivity contribution in [2.45, 2.75) is 0 Å². The van der Waals surface area contributed by atoms with Gasteiger partial charge in [0.25, 0.3) is 5.69 Å². The van der Waals surface area contributed by atoms with Crippen molar-refractivity contribution >= 4 is 50.2 Å². The second-order valence-corrected chi connectivity index (χ2v) is 8.46. The number of hydrogen-bond donors (Lipinski definition) is 2. The van der Waals surface area contributed by atoms with E-state index in [4.69, 9.17) is 0 Å². The second kappa shape index (κ2) is 8.06. The van der Waals surface area contributed by atoms with Crippen LogP contribution in [-0.2, 0) is 0 Å². The summed E-state index contributed by atoms with van der Waals surface area (Å²) in [6.45, 7) is 0. The summed E-state index contributed by atoms with van der Waals surface area (Å²) in [5, 5.41) is 42.8. The van der Waals surface area contributed by atoms with Gasteiger partial charge in [-0.05, 0) is 12.1 Å². The van der Waals surface area contributed by atoms with Gasteiger partial charge in [-0.1, -0.05) is 60.7 Å². The van der Waals surface area contributed by atoms with Crippen molar-refractivity contribution in [3.05, 3.63) is 111 Å². The highest BCUT2D eigenvalue weighted by molar-refractivity contribution is 6.30. The van der Waals surface area contributed by atoms with E-state index in [9.17, 15) is 29.9 Å². The number of benzene rings is 5. The predicted octanol–water partition coefficient (Wildman–Crippen LogP) is 6.50. The Morgan fingerprint density at radius 1 is 0.649 bits per heavy atom. The molecular formula is C28H15N3O6. The summed E-state index contributed by atoms with van der Waals surface area (Å²) in [5.74, 6) is -1.24. The number of fused-ring (bicyclic) bond motifs is 4. The van der Waals surface area contributed by atoms with Crippen molar-refractivity contribution in [3.63, 3.8) is 0 Å². The van der Waals surface area contributed by atoms with Crippen LogP contribution >= 0.6 is 0 Å². The van der Waals surface area contributed by atoms with E-state index in [2.05, 4.69) is 10.2 Å². The lowest BCUT2D eigenvalue weighted by Crippen LogP contribution is -2.20. The van der Waals surface area contributed by atoms with Crippen LogP contribution in [-0.4, -0.2) is 26.7 Å². The molecule has 0 heterocycles. The highest BCUT2D eigenvalue weighted by Crippen LogP contribution is 2.49. The zero-order valence-electron chi connectivity index (χ0n) is 18.9. The molecule has 0 unspecified atom stereocenters. The molecule has 37 heavy (non-hydrogen) atoms. The van der Waals surface area contributed by atoms with Crippen LogP contribution in [0.1, 0.15) is 31.8 Å². The quantitative estimate of drug-likeness (QED) is 0.0954. The van der Waals surface area contributed by atoms with Crippen LogP contribution in [0.4, 0.5) is 17.1 Å². The molecule has 9 heteroatoms. The third-order valence-electron chi connectivity index (χ3n) is 6.47. The van der Waals surface area contributed by atoms with Gasteiger partial charge in [0, 0.05) is 38.9 Å². The van der Waals surface area contributed by atoms with E-state index in [1.807, 2.05) is 0 Å². The Labute approximate surface area is 208 Å². The summed E-state index contributed by atoms with van der Waals surface area (Å²) in [7, 11) is 0. The molecule has 1 aliphatic carbocycles. The highest BCUT2D eigenvalue weighted by Gasteiger charge is 2.31. The molecule has 9 nitrogen and oxygen atoms in total. The fourth-order valence-electron chi connectivity index (χ4n) is 4.76. The summed E-state index contributed by atoms with van der Waals surface area (Å²) in [6, 6.07) is 20.0. The molecule has 0 saturated heterocycles. The molecule has 0 aliphatic heterocycles. The Morgan fingerprint density at radius 3 is 1.97 bits per heavy atom. The molecule has 0 bridgehead atoms. The molecule has 178 valence electrons. The van der Waals surface area contributed by atoms with Crippen LogP contribution in [0.15, 0.2) is 89.1 Å². The number of carbonyl (C=O) groups excluding carboxylic acids is 2. The lowest BCUT2D eigenvalue weighted by molar-refractivity contribution is -0.384. The van der Waals surface area contributed by atoms with Gasteiger partial charge >= 0.3 is 0 Å². The first kappa shape index (κ1) is 22.1. The summed E-state index contributed by atoms with van der Waals surface area (Å²) < 4.78 is 0. The zero-order chi connectivity index (χ0) is 25.8. The maximum absolute atomic E-state index is 13.3. The maximum atomic E-state index is 13.3. The molecule has 1 aliphatic rings. The lowest BCUT2D eigenvalue weighted by atomic mass is 9.83. The Kier molecular flexibility index (Phi) is 4.80. The predicted molar refractivity (Wildman–Crippen MR) is 135 cm³/mol. The van der Waals surface area contributed by atoms with E-state index < -0.39 is 16.4 Å². The zero-order valence-corrected chi connectivity index (χ0v) is 18.9. The van der Waals surface area contributed by atoms with Gasteiger partial charge in [0.2, 0.25) is 0 Å². The van der Waals surface area contributed by atoms with E-state index in [0.29, 0.717) is 5.39 Å². The second-order valence-electron chi connectivity index (χ2n) is 8.46. The minimum atomic E-state index is -0.676. The molecule has 6 rings (SSSR count). The number of phenols is 2. The number of hydrogen-bond acceptors (Lipinski definition) is 8. The van der Waals surface area contributed by atoms with Gasteiger partial charge in [-0.3, -0.25) is 19.7 Å². The molecule has 0 fully saturated rings. The van der Waals surface area contributed by atoms with Crippen molar-refractivity contribution in [3.8, 4) is 11.5 Å². The number of nitro groups is 1. The number of phenolic OH excluding ortho intramolecular Hbond substituents is 2. The summed E-state index contributed by atoms with van der Waals surface area (Å²) >= 11 is 0. The largest absolute Gasteiger partial charge is 0.507 e. The topological polar surface area (TPSA) is 142 Å². The van der Waals surface area contributed by atoms with Crippen molar-refractivity contribution in [2.75, 3.05) is 0 Å². The number of nitro benzene ring substituents is 1. The Balaban J connectivity index is 1.60. The van der Waals surface area contributed by atoms with Gasteiger partial charge in [-0.2, -0.15) is 0 Å². The average molecular weight is 489 g/mol. The molecule has 0 aromatic heterocycles. The standard InChI is InChI=1S/C28H15N3O6/c32-25-14-6-1-3-8-16(14)27(34)22-18(25)10-5-11-20(22)29-30-24-21(31(36)37)13-12-19-23(24)28(35)17-9-4-2-7-15(17)26(19)33/h1-13,33,35H. The summed E-state index contributed by atoms with van der Waals surface area (Å²) in [6.07, 6.45) is 0. The van der Waals surface area contributed by atoms with Crippen LogP contribution in [0.25, 0.3) is 21.5 Å². The SMILES string of the molecule is O=C1c2ccccc2C(=O)c2c(N=Nc3c([N+](=O)[O-])ccc4c(O)c5ccccc5c(O)c34)cccc21. The first-order chi connectivity index (χ1) is 17.9. The molecule has 5 aromatic rings. The summed E-state index contributed by atoms with van der Waals surface area (Å²) in [4.78, 5) is 37.5. The van der Waals surface area contributed by atoms with E-state index in [1.54, 1.807) is 54.6 Å². The fourth-order valence-corrected chi connectivity index (χ4v) is 4.76. The first-order valence-electron chi connectivity index (χ1n) is 11.2. The molecule has 0 radical (unpaired) electrons. The van der Waals surface area contributed by atoms with E-state index in [0.717, 1.165) is 6.07 Å². The molecule has 5 aromatic carbocycles. The van der Waals surface area contributed by atoms with Crippen LogP contribution in [0.5, 0.6) is 11.5 Å². The lowest BCUT2D eigenvalue weighted by Gasteiger charge is -2.18. The maximum Gasteiger partial charge on any atom is 0.297 e. The van der Waals surface area contributed by atoms with Crippen molar-refractivity contribution in [1.29, 1.82) is 0 Å². The number of nitrogens with zero attached hydrogens (tertiary/aromatic N) is 3. The Hall–Kier alpha value is -5.44. The Morgan fingerprint density at radius 2 is 1.27 bits per heavy atom. The molecule has 2 N–H and O–H groups in total. The molecule has 0 spiro atoms. The Bertz CT molecular complexity index is 1880. The van der Waals surface area contributed by atoms with Gasteiger partial charge in [-0.15, -0.1) is 10.2 Å². The van der Waals surface area contributed by atoms with Crippen molar-refractivity contribution in [2.24, 2.45) is 10.2 Å². The van der Waals surface area contributed by atoms with Gasteiger partial charge in [0.1, 0.15) is 11.5 Å².